The Morgan fingerprint density at radius 2 is 1.15 bits per heavy atom. The molecule has 0 radical (unpaired) electrons. The number of benzene rings is 7. The summed E-state index contributed by atoms with van der Waals surface area (Å²) in [5.74, 6) is 0.718. The Bertz CT molecular complexity index is 1790. The van der Waals surface area contributed by atoms with Crippen LogP contribution in [0.4, 0.5) is 0 Å². The number of hydrogen-bond donors (Lipinski definition) is 1. The zero-order valence-corrected chi connectivity index (χ0v) is 19.0. The van der Waals surface area contributed by atoms with Gasteiger partial charge in [0.05, 0.1) is 0 Å². The number of phenolic OH excluding ortho intramolecular Hbond substituents is 1. The number of phenols is 1. The van der Waals surface area contributed by atoms with Crippen LogP contribution in [-0.2, 0) is 6.42 Å². The van der Waals surface area contributed by atoms with Crippen LogP contribution in [-0.4, -0.2) is 5.11 Å². The van der Waals surface area contributed by atoms with E-state index in [1.165, 1.54) is 54.2 Å². The molecule has 0 aliphatic carbocycles. The molecular formula is C33H24O. The fourth-order valence-electron chi connectivity index (χ4n) is 6.02. The molecule has 0 saturated carbocycles. The van der Waals surface area contributed by atoms with E-state index in [0.29, 0.717) is 11.7 Å². The van der Waals surface area contributed by atoms with E-state index >= 15 is 0 Å². The van der Waals surface area contributed by atoms with Crippen molar-refractivity contribution >= 4 is 53.9 Å². The van der Waals surface area contributed by atoms with Gasteiger partial charge in [0.15, 0.2) is 0 Å². The van der Waals surface area contributed by atoms with Crippen LogP contribution in [0.1, 0.15) is 24.0 Å². The summed E-state index contributed by atoms with van der Waals surface area (Å²) in [7, 11) is 0. The minimum Gasteiger partial charge on any atom is -0.507 e. The van der Waals surface area contributed by atoms with Gasteiger partial charge in [0.2, 0.25) is 0 Å². The molecule has 1 unspecified atom stereocenters. The summed E-state index contributed by atoms with van der Waals surface area (Å²) in [5.41, 5.74) is 2.78. The summed E-state index contributed by atoms with van der Waals surface area (Å²) < 4.78 is 0. The SMILES string of the molecule is CC(Cc1cc2ccc3ccc(O)c4ccc(c1)c2c34)c1c2ccccc2cc2ccccc12. The van der Waals surface area contributed by atoms with Gasteiger partial charge in [-0.2, -0.15) is 0 Å². The molecule has 1 heteroatoms. The monoisotopic (exact) mass is 436 g/mol. The Kier molecular flexibility index (Phi) is 4.10. The first-order chi connectivity index (χ1) is 16.7. The molecule has 0 aliphatic heterocycles. The first kappa shape index (κ1) is 19.4. The lowest BCUT2D eigenvalue weighted by atomic mass is 9.85. The second-order valence-corrected chi connectivity index (χ2v) is 9.62. The van der Waals surface area contributed by atoms with Crippen LogP contribution in [0.2, 0.25) is 0 Å². The van der Waals surface area contributed by atoms with Gasteiger partial charge in [-0.3, -0.25) is 0 Å². The molecule has 0 aliphatic rings. The maximum atomic E-state index is 10.4. The van der Waals surface area contributed by atoms with E-state index in [2.05, 4.69) is 97.9 Å². The smallest absolute Gasteiger partial charge is 0.123 e. The van der Waals surface area contributed by atoms with E-state index in [1.807, 2.05) is 6.07 Å². The zero-order valence-electron chi connectivity index (χ0n) is 19.0. The largest absolute Gasteiger partial charge is 0.507 e. The Morgan fingerprint density at radius 3 is 1.85 bits per heavy atom. The molecule has 1 N–H and O–H groups in total. The molecule has 0 bridgehead atoms. The lowest BCUT2D eigenvalue weighted by molar-refractivity contribution is 0.482. The van der Waals surface area contributed by atoms with Crippen molar-refractivity contribution in [2.45, 2.75) is 19.3 Å². The molecule has 1 atom stereocenters. The highest BCUT2D eigenvalue weighted by atomic mass is 16.3. The second-order valence-electron chi connectivity index (χ2n) is 9.62. The predicted octanol–water partition coefficient (Wildman–Crippen LogP) is 8.94. The molecule has 1 nitrogen and oxygen atoms in total. The van der Waals surface area contributed by atoms with E-state index in [1.54, 1.807) is 6.07 Å². The molecular weight excluding hydrogens is 412 g/mol. The number of aromatic hydroxyl groups is 1. The van der Waals surface area contributed by atoms with Gasteiger partial charge < -0.3 is 5.11 Å². The minimum atomic E-state index is 0.349. The average molecular weight is 437 g/mol. The van der Waals surface area contributed by atoms with Crippen LogP contribution in [0, 0.1) is 0 Å². The topological polar surface area (TPSA) is 20.2 Å². The van der Waals surface area contributed by atoms with Crippen molar-refractivity contribution in [3.05, 3.63) is 114 Å². The molecule has 0 fully saturated rings. The van der Waals surface area contributed by atoms with Gasteiger partial charge in [0.1, 0.15) is 5.75 Å². The Labute approximate surface area is 198 Å². The highest BCUT2D eigenvalue weighted by molar-refractivity contribution is 6.24. The normalized spacial score (nSPS) is 13.0. The van der Waals surface area contributed by atoms with E-state index in [4.69, 9.17) is 0 Å². The molecule has 0 heterocycles. The van der Waals surface area contributed by atoms with Crippen LogP contribution in [0.25, 0.3) is 53.9 Å². The van der Waals surface area contributed by atoms with Crippen molar-refractivity contribution in [3.63, 3.8) is 0 Å². The molecule has 7 aromatic carbocycles. The molecule has 0 spiro atoms. The van der Waals surface area contributed by atoms with Crippen LogP contribution in [0.15, 0.2) is 103 Å². The van der Waals surface area contributed by atoms with E-state index < -0.39 is 0 Å². The van der Waals surface area contributed by atoms with Gasteiger partial charge in [-0.15, -0.1) is 0 Å². The van der Waals surface area contributed by atoms with Gasteiger partial charge in [-0.05, 0) is 78.7 Å². The van der Waals surface area contributed by atoms with Gasteiger partial charge in [-0.25, -0.2) is 0 Å². The van der Waals surface area contributed by atoms with Crippen LogP contribution in [0.3, 0.4) is 0 Å². The van der Waals surface area contributed by atoms with Crippen molar-refractivity contribution in [2.24, 2.45) is 0 Å². The fourth-order valence-corrected chi connectivity index (χ4v) is 6.02. The van der Waals surface area contributed by atoms with Crippen molar-refractivity contribution in [2.75, 3.05) is 0 Å². The van der Waals surface area contributed by atoms with Crippen LogP contribution >= 0.6 is 0 Å². The lowest BCUT2D eigenvalue weighted by Gasteiger charge is -2.19. The Morgan fingerprint density at radius 1 is 0.559 bits per heavy atom. The van der Waals surface area contributed by atoms with Crippen LogP contribution in [0.5, 0.6) is 5.75 Å². The van der Waals surface area contributed by atoms with Gasteiger partial charge in [0.25, 0.3) is 0 Å². The van der Waals surface area contributed by atoms with Crippen molar-refractivity contribution in [3.8, 4) is 5.75 Å². The third kappa shape index (κ3) is 2.80. The number of fused-ring (bicyclic) bond motifs is 2. The first-order valence-corrected chi connectivity index (χ1v) is 12.0. The molecule has 0 saturated heterocycles. The third-order valence-electron chi connectivity index (χ3n) is 7.48. The lowest BCUT2D eigenvalue weighted by Crippen LogP contribution is -2.01. The molecule has 7 rings (SSSR count). The van der Waals surface area contributed by atoms with Crippen molar-refractivity contribution in [1.82, 2.24) is 0 Å². The summed E-state index contributed by atoms with van der Waals surface area (Å²) in [5, 5.41) is 22.7. The Hall–Kier alpha value is -4.10. The summed E-state index contributed by atoms with van der Waals surface area (Å²) >= 11 is 0. The van der Waals surface area contributed by atoms with E-state index in [-0.39, 0.29) is 0 Å². The maximum Gasteiger partial charge on any atom is 0.123 e. The summed E-state index contributed by atoms with van der Waals surface area (Å²) in [6.07, 6.45) is 0.972. The first-order valence-electron chi connectivity index (χ1n) is 12.0. The highest BCUT2D eigenvalue weighted by Crippen LogP contribution is 2.40. The van der Waals surface area contributed by atoms with Crippen molar-refractivity contribution in [1.29, 1.82) is 0 Å². The maximum absolute atomic E-state index is 10.4. The standard InChI is InChI=1S/C33H24O/c1-20(31-27-8-4-2-6-23(27)19-24-7-3-5-9-28(24)31)16-21-17-25-11-10-22-13-15-30(34)29-14-12-26(18-21)32(25)33(22)29/h2-15,17-20,34H,16H2,1H3. The quantitative estimate of drug-likeness (QED) is 0.216. The highest BCUT2D eigenvalue weighted by Gasteiger charge is 2.17. The molecule has 7 aromatic rings. The molecule has 0 amide bonds. The van der Waals surface area contributed by atoms with Gasteiger partial charge in [0, 0.05) is 10.8 Å². The second kappa shape index (κ2) is 7.20. The summed E-state index contributed by atoms with van der Waals surface area (Å²) in [6, 6.07) is 36.9. The fraction of sp³-hybridized carbons (Fsp3) is 0.0909. The summed E-state index contributed by atoms with van der Waals surface area (Å²) in [6.45, 7) is 2.36. The van der Waals surface area contributed by atoms with Crippen molar-refractivity contribution < 1.29 is 5.11 Å². The van der Waals surface area contributed by atoms with Gasteiger partial charge in [-0.1, -0.05) is 97.9 Å². The van der Waals surface area contributed by atoms with E-state index in [0.717, 1.165) is 17.2 Å². The molecule has 0 aromatic heterocycles. The third-order valence-corrected chi connectivity index (χ3v) is 7.48. The zero-order chi connectivity index (χ0) is 22.8. The number of hydrogen-bond acceptors (Lipinski definition) is 1. The average Bonchev–Trinajstić information content (AvgIpc) is 2.86. The minimum absolute atomic E-state index is 0.349. The number of rotatable bonds is 3. The van der Waals surface area contributed by atoms with Crippen LogP contribution < -0.4 is 0 Å². The molecule has 162 valence electrons. The Balaban J connectivity index is 1.40. The molecule has 34 heavy (non-hydrogen) atoms. The predicted molar refractivity (Wildman–Crippen MR) is 145 cm³/mol. The summed E-state index contributed by atoms with van der Waals surface area (Å²) in [4.78, 5) is 0. The van der Waals surface area contributed by atoms with E-state index in [9.17, 15) is 5.11 Å². The van der Waals surface area contributed by atoms with Gasteiger partial charge >= 0.3 is 0 Å².